The molecule has 27 heavy (non-hydrogen) atoms. The first-order valence-electron chi connectivity index (χ1n) is 9.82. The minimum atomic E-state index is -3.30. The molecular weight excluding hydrogens is 366 g/mol. The molecule has 3 rings (SSSR count). The Balaban J connectivity index is 1.58. The highest BCUT2D eigenvalue weighted by atomic mass is 32.2. The summed E-state index contributed by atoms with van der Waals surface area (Å²) >= 11 is 0. The number of aryl methyl sites for hydroxylation is 1. The molecule has 2 aliphatic heterocycles. The summed E-state index contributed by atoms with van der Waals surface area (Å²) in [5.41, 5.74) is 1.46. The summed E-state index contributed by atoms with van der Waals surface area (Å²) in [6, 6.07) is -0.129. The molecule has 1 aromatic rings. The van der Waals surface area contributed by atoms with Crippen LogP contribution in [0.4, 0.5) is 0 Å². The number of rotatable bonds is 7. The van der Waals surface area contributed by atoms with E-state index in [2.05, 4.69) is 10.00 Å². The van der Waals surface area contributed by atoms with Gasteiger partial charge in [-0.25, -0.2) is 8.42 Å². The normalized spacial score (nSPS) is 19.5. The number of carbonyl (C=O) groups excluding carboxylic acids is 1. The van der Waals surface area contributed by atoms with E-state index < -0.39 is 10.0 Å². The van der Waals surface area contributed by atoms with Crippen LogP contribution in [0, 0.1) is 6.92 Å². The minimum Gasteiger partial charge on any atom is -0.335 e. The molecule has 1 amide bonds. The lowest BCUT2D eigenvalue weighted by atomic mass is 10.1. The molecule has 0 unspecified atom stereocenters. The number of sulfonamides is 1. The van der Waals surface area contributed by atoms with E-state index in [0.717, 1.165) is 31.9 Å². The molecule has 0 bridgehead atoms. The molecule has 3 heterocycles. The average molecular weight is 398 g/mol. The molecule has 2 fully saturated rings. The van der Waals surface area contributed by atoms with Crippen molar-refractivity contribution in [2.45, 2.75) is 45.7 Å². The molecule has 0 aliphatic carbocycles. The maximum atomic E-state index is 12.7. The fourth-order valence-corrected chi connectivity index (χ4v) is 5.08. The second-order valence-electron chi connectivity index (χ2n) is 7.60. The van der Waals surface area contributed by atoms with Gasteiger partial charge in [0.15, 0.2) is 0 Å². The van der Waals surface area contributed by atoms with Gasteiger partial charge in [-0.3, -0.25) is 9.48 Å². The van der Waals surface area contributed by atoms with Crippen LogP contribution < -0.4 is 0 Å². The van der Waals surface area contributed by atoms with Crippen LogP contribution in [0.2, 0.25) is 0 Å². The van der Waals surface area contributed by atoms with Crippen molar-refractivity contribution in [2.75, 3.05) is 45.5 Å². The van der Waals surface area contributed by atoms with Gasteiger partial charge in [-0.1, -0.05) is 6.42 Å². The van der Waals surface area contributed by atoms with Gasteiger partial charge >= 0.3 is 0 Å². The van der Waals surface area contributed by atoms with Gasteiger partial charge < -0.3 is 9.80 Å². The number of nitrogens with zero attached hydrogens (tertiary/aromatic N) is 5. The summed E-state index contributed by atoms with van der Waals surface area (Å²) in [5, 5.41) is 4.23. The third kappa shape index (κ3) is 4.52. The number of hydrogen-bond acceptors (Lipinski definition) is 5. The molecule has 0 saturated carbocycles. The number of carbonyl (C=O) groups is 1. The van der Waals surface area contributed by atoms with Crippen molar-refractivity contribution in [3.05, 3.63) is 17.5 Å². The van der Waals surface area contributed by atoms with Crippen molar-refractivity contribution in [1.29, 1.82) is 0 Å². The number of amides is 1. The molecule has 2 aliphatic rings. The molecule has 0 aromatic carbocycles. The number of piperidine rings is 1. The fraction of sp³-hybridized carbons (Fsp3) is 0.778. The Morgan fingerprint density at radius 1 is 1.26 bits per heavy atom. The molecule has 1 aromatic heterocycles. The van der Waals surface area contributed by atoms with E-state index in [0.29, 0.717) is 25.2 Å². The Hall–Kier alpha value is -1.45. The van der Waals surface area contributed by atoms with E-state index in [-0.39, 0.29) is 11.9 Å². The smallest absolute Gasteiger partial charge is 0.257 e. The highest BCUT2D eigenvalue weighted by molar-refractivity contribution is 7.88. The molecule has 8 nitrogen and oxygen atoms in total. The lowest BCUT2D eigenvalue weighted by Gasteiger charge is -2.44. The Bertz CT molecular complexity index is 764. The van der Waals surface area contributed by atoms with Crippen LogP contribution in [0.5, 0.6) is 0 Å². The maximum Gasteiger partial charge on any atom is 0.257 e. The van der Waals surface area contributed by atoms with Gasteiger partial charge in [-0.05, 0) is 39.8 Å². The van der Waals surface area contributed by atoms with Crippen LogP contribution in [0.1, 0.15) is 42.2 Å². The van der Waals surface area contributed by atoms with Crippen molar-refractivity contribution in [3.63, 3.8) is 0 Å². The van der Waals surface area contributed by atoms with Crippen LogP contribution in [0.25, 0.3) is 0 Å². The lowest BCUT2D eigenvalue weighted by molar-refractivity contribution is 0.0436. The summed E-state index contributed by atoms with van der Waals surface area (Å²) in [5.74, 6) is -0.0621. The van der Waals surface area contributed by atoms with Crippen molar-refractivity contribution in [2.24, 2.45) is 0 Å². The summed E-state index contributed by atoms with van der Waals surface area (Å²) in [6.07, 6.45) is 6.52. The summed E-state index contributed by atoms with van der Waals surface area (Å²) in [4.78, 5) is 16.8. The SMILES string of the molecule is CCn1ncc(C(=O)N2CC(N(CCN3CCCCC3)S(C)(=O)=O)C2)c1C. The lowest BCUT2D eigenvalue weighted by Crippen LogP contribution is -2.63. The van der Waals surface area contributed by atoms with E-state index in [1.807, 2.05) is 13.8 Å². The molecule has 0 spiro atoms. The summed E-state index contributed by atoms with van der Waals surface area (Å²) < 4.78 is 27.9. The quantitative estimate of drug-likeness (QED) is 0.680. The van der Waals surface area contributed by atoms with Crippen LogP contribution in [-0.2, 0) is 16.6 Å². The van der Waals surface area contributed by atoms with Gasteiger partial charge in [0, 0.05) is 38.4 Å². The van der Waals surface area contributed by atoms with Crippen LogP contribution in [-0.4, -0.2) is 89.8 Å². The Morgan fingerprint density at radius 2 is 1.93 bits per heavy atom. The predicted molar refractivity (Wildman–Crippen MR) is 104 cm³/mol. The predicted octanol–water partition coefficient (Wildman–Crippen LogP) is 0.783. The van der Waals surface area contributed by atoms with Crippen LogP contribution >= 0.6 is 0 Å². The second-order valence-corrected chi connectivity index (χ2v) is 9.53. The van der Waals surface area contributed by atoms with Crippen molar-refractivity contribution in [1.82, 2.24) is 23.9 Å². The van der Waals surface area contributed by atoms with Crippen molar-refractivity contribution < 1.29 is 13.2 Å². The first kappa shape index (κ1) is 20.3. The topological polar surface area (TPSA) is 78.8 Å². The van der Waals surface area contributed by atoms with E-state index in [4.69, 9.17) is 0 Å². The van der Waals surface area contributed by atoms with Gasteiger partial charge in [0.2, 0.25) is 10.0 Å². The molecule has 0 N–H and O–H groups in total. The van der Waals surface area contributed by atoms with Crippen molar-refractivity contribution >= 4 is 15.9 Å². The number of hydrogen-bond donors (Lipinski definition) is 0. The van der Waals surface area contributed by atoms with Crippen molar-refractivity contribution in [3.8, 4) is 0 Å². The van der Waals surface area contributed by atoms with Gasteiger partial charge in [0.05, 0.1) is 24.1 Å². The third-order valence-corrected chi connectivity index (χ3v) is 7.03. The molecule has 9 heteroatoms. The zero-order valence-corrected chi connectivity index (χ0v) is 17.4. The molecule has 152 valence electrons. The highest BCUT2D eigenvalue weighted by Gasteiger charge is 2.39. The average Bonchev–Trinajstić information content (AvgIpc) is 2.96. The first-order chi connectivity index (χ1) is 12.8. The standard InChI is InChI=1S/C18H31N5O3S/c1-4-22-15(2)17(12-19-22)18(24)21-13-16(14-21)23(27(3,25)26)11-10-20-8-6-5-7-9-20/h12,16H,4-11,13-14H2,1-3H3. The molecular formula is C18H31N5O3S. The maximum absolute atomic E-state index is 12.7. The van der Waals surface area contributed by atoms with Gasteiger partial charge in [0.1, 0.15) is 0 Å². The van der Waals surface area contributed by atoms with Crippen LogP contribution in [0.15, 0.2) is 6.20 Å². The molecule has 0 atom stereocenters. The Kier molecular flexibility index (Phi) is 6.22. The van der Waals surface area contributed by atoms with E-state index >= 15 is 0 Å². The largest absolute Gasteiger partial charge is 0.335 e. The first-order valence-corrected chi connectivity index (χ1v) is 11.7. The van der Waals surface area contributed by atoms with Gasteiger partial charge in [0.25, 0.3) is 5.91 Å². The van der Waals surface area contributed by atoms with Gasteiger partial charge in [-0.15, -0.1) is 0 Å². The number of aromatic nitrogens is 2. The highest BCUT2D eigenvalue weighted by Crippen LogP contribution is 2.22. The Labute approximate surface area is 162 Å². The monoisotopic (exact) mass is 397 g/mol. The molecule has 0 radical (unpaired) electrons. The summed E-state index contributed by atoms with van der Waals surface area (Å²) in [7, 11) is -3.30. The zero-order chi connectivity index (χ0) is 19.6. The minimum absolute atomic E-state index is 0.0621. The van der Waals surface area contributed by atoms with Crippen LogP contribution in [0.3, 0.4) is 0 Å². The Morgan fingerprint density at radius 3 is 2.48 bits per heavy atom. The summed E-state index contributed by atoms with van der Waals surface area (Å²) in [6.45, 7) is 8.85. The van der Waals surface area contributed by atoms with Gasteiger partial charge in [-0.2, -0.15) is 9.40 Å². The number of likely N-dealkylation sites (tertiary alicyclic amines) is 2. The van der Waals surface area contributed by atoms with E-state index in [1.165, 1.54) is 25.5 Å². The second kappa shape index (κ2) is 8.28. The fourth-order valence-electron chi connectivity index (χ4n) is 3.99. The third-order valence-electron chi connectivity index (χ3n) is 5.70. The molecule has 2 saturated heterocycles. The zero-order valence-electron chi connectivity index (χ0n) is 16.6. The van der Waals surface area contributed by atoms with E-state index in [1.54, 1.807) is 20.1 Å². The van der Waals surface area contributed by atoms with E-state index in [9.17, 15) is 13.2 Å².